The maximum atomic E-state index is 9.67. The number of nitrogens with zero attached hydrogens (tertiary/aromatic N) is 3. The van der Waals surface area contributed by atoms with Crippen LogP contribution in [-0.2, 0) is 0 Å². The normalized spacial score (nSPS) is 18.9. The van der Waals surface area contributed by atoms with Crippen molar-refractivity contribution < 1.29 is 5.11 Å². The van der Waals surface area contributed by atoms with Gasteiger partial charge in [-0.15, -0.1) is 0 Å². The zero-order valence-electron chi connectivity index (χ0n) is 10.3. The average molecular weight is 246 g/mol. The van der Waals surface area contributed by atoms with E-state index in [0.29, 0.717) is 0 Å². The molecule has 0 aliphatic heterocycles. The molecule has 1 aliphatic carbocycles. The van der Waals surface area contributed by atoms with E-state index < -0.39 is 0 Å². The maximum absolute atomic E-state index is 9.67. The SMILES string of the molecule is OCC1(Nc2ccn3nccc3n2)CCCCC1. The van der Waals surface area contributed by atoms with E-state index >= 15 is 0 Å². The topological polar surface area (TPSA) is 62.5 Å². The molecular weight excluding hydrogens is 228 g/mol. The Kier molecular flexibility index (Phi) is 2.91. The zero-order valence-corrected chi connectivity index (χ0v) is 10.3. The van der Waals surface area contributed by atoms with Gasteiger partial charge in [-0.3, -0.25) is 0 Å². The lowest BCUT2D eigenvalue weighted by Gasteiger charge is -2.36. The third-order valence-corrected chi connectivity index (χ3v) is 3.76. The van der Waals surface area contributed by atoms with Crippen molar-refractivity contribution >= 4 is 11.5 Å². The van der Waals surface area contributed by atoms with Crippen molar-refractivity contribution in [3.8, 4) is 0 Å². The van der Waals surface area contributed by atoms with Crippen molar-refractivity contribution in [2.45, 2.75) is 37.6 Å². The number of rotatable bonds is 3. The number of aromatic nitrogens is 3. The van der Waals surface area contributed by atoms with Gasteiger partial charge in [-0.25, -0.2) is 9.50 Å². The molecule has 1 fully saturated rings. The molecule has 2 N–H and O–H groups in total. The number of aliphatic hydroxyl groups is 1. The van der Waals surface area contributed by atoms with E-state index in [2.05, 4.69) is 15.4 Å². The predicted octanol–water partition coefficient (Wildman–Crippen LogP) is 1.84. The molecule has 0 radical (unpaired) electrons. The quantitative estimate of drug-likeness (QED) is 0.867. The highest BCUT2D eigenvalue weighted by atomic mass is 16.3. The first-order valence-corrected chi connectivity index (χ1v) is 6.51. The van der Waals surface area contributed by atoms with Gasteiger partial charge in [-0.05, 0) is 18.9 Å². The predicted molar refractivity (Wildman–Crippen MR) is 69.5 cm³/mol. The minimum Gasteiger partial charge on any atom is -0.394 e. The molecule has 2 aromatic rings. The van der Waals surface area contributed by atoms with Crippen LogP contribution in [0, 0.1) is 0 Å². The van der Waals surface area contributed by atoms with E-state index in [1.54, 1.807) is 10.7 Å². The Bertz CT molecular complexity index is 531. The van der Waals surface area contributed by atoms with E-state index in [9.17, 15) is 5.11 Å². The van der Waals surface area contributed by atoms with Crippen LogP contribution in [0.1, 0.15) is 32.1 Å². The lowest BCUT2D eigenvalue weighted by molar-refractivity contribution is 0.172. The van der Waals surface area contributed by atoms with E-state index in [-0.39, 0.29) is 12.1 Å². The van der Waals surface area contributed by atoms with Crippen LogP contribution in [0.5, 0.6) is 0 Å². The number of aliphatic hydroxyl groups excluding tert-OH is 1. The summed E-state index contributed by atoms with van der Waals surface area (Å²) in [5, 5.41) is 17.2. The largest absolute Gasteiger partial charge is 0.394 e. The van der Waals surface area contributed by atoms with Crippen molar-refractivity contribution in [1.29, 1.82) is 0 Å². The Morgan fingerprint density at radius 3 is 2.89 bits per heavy atom. The Balaban J connectivity index is 1.85. The lowest BCUT2D eigenvalue weighted by Crippen LogP contribution is -2.44. The van der Waals surface area contributed by atoms with Gasteiger partial charge in [0.1, 0.15) is 5.82 Å². The van der Waals surface area contributed by atoms with E-state index in [4.69, 9.17) is 0 Å². The smallest absolute Gasteiger partial charge is 0.157 e. The summed E-state index contributed by atoms with van der Waals surface area (Å²) in [6, 6.07) is 3.78. The molecule has 5 nitrogen and oxygen atoms in total. The molecule has 5 heteroatoms. The fourth-order valence-electron chi connectivity index (χ4n) is 2.71. The van der Waals surface area contributed by atoms with Crippen molar-refractivity contribution in [2.75, 3.05) is 11.9 Å². The van der Waals surface area contributed by atoms with E-state index in [1.165, 1.54) is 19.3 Å². The molecule has 0 bridgehead atoms. The first-order chi connectivity index (χ1) is 8.81. The van der Waals surface area contributed by atoms with Crippen LogP contribution in [0.4, 0.5) is 5.82 Å². The molecule has 3 rings (SSSR count). The minimum absolute atomic E-state index is 0.166. The molecule has 1 aliphatic rings. The van der Waals surface area contributed by atoms with E-state index in [0.717, 1.165) is 24.3 Å². The molecule has 2 aromatic heterocycles. The van der Waals surface area contributed by atoms with Crippen LogP contribution in [-0.4, -0.2) is 31.9 Å². The monoisotopic (exact) mass is 246 g/mol. The molecule has 1 saturated carbocycles. The summed E-state index contributed by atoms with van der Waals surface area (Å²) in [5.74, 6) is 0.818. The van der Waals surface area contributed by atoms with Gasteiger partial charge < -0.3 is 10.4 Å². The summed E-state index contributed by atoms with van der Waals surface area (Å²) in [4.78, 5) is 4.50. The van der Waals surface area contributed by atoms with Gasteiger partial charge in [0.25, 0.3) is 0 Å². The standard InChI is InChI=1S/C13H18N4O/c18-10-13(6-2-1-3-7-13)16-11-5-9-17-12(15-11)4-8-14-17/h4-5,8-9,18H,1-3,6-7,10H2,(H,15,16). The third-order valence-electron chi connectivity index (χ3n) is 3.76. The highest BCUT2D eigenvalue weighted by Crippen LogP contribution is 2.30. The van der Waals surface area contributed by atoms with Crippen molar-refractivity contribution in [2.24, 2.45) is 0 Å². The van der Waals surface area contributed by atoms with Crippen molar-refractivity contribution in [3.05, 3.63) is 24.5 Å². The van der Waals surface area contributed by atoms with E-state index in [1.807, 2.05) is 18.3 Å². The van der Waals surface area contributed by atoms with Gasteiger partial charge in [0.05, 0.1) is 18.3 Å². The van der Waals surface area contributed by atoms with Crippen LogP contribution in [0.2, 0.25) is 0 Å². The van der Waals surface area contributed by atoms with Gasteiger partial charge in [-0.1, -0.05) is 19.3 Å². The molecule has 0 unspecified atom stereocenters. The summed E-state index contributed by atoms with van der Waals surface area (Å²) >= 11 is 0. The van der Waals surface area contributed by atoms with Crippen LogP contribution >= 0.6 is 0 Å². The Labute approximate surface area is 106 Å². The summed E-state index contributed by atoms with van der Waals surface area (Å²) in [6.45, 7) is 0.166. The highest BCUT2D eigenvalue weighted by molar-refractivity contribution is 5.47. The van der Waals surface area contributed by atoms with Crippen molar-refractivity contribution in [3.63, 3.8) is 0 Å². The molecule has 0 saturated heterocycles. The van der Waals surface area contributed by atoms with Crippen LogP contribution < -0.4 is 5.32 Å². The molecule has 0 atom stereocenters. The molecule has 18 heavy (non-hydrogen) atoms. The second-order valence-corrected chi connectivity index (χ2v) is 5.07. The van der Waals surface area contributed by atoms with Crippen molar-refractivity contribution in [1.82, 2.24) is 14.6 Å². The summed E-state index contributed by atoms with van der Waals surface area (Å²) in [5.41, 5.74) is 0.632. The average Bonchev–Trinajstić information content (AvgIpc) is 2.87. The number of anilines is 1. The second kappa shape index (κ2) is 4.57. The van der Waals surface area contributed by atoms with Gasteiger partial charge >= 0.3 is 0 Å². The molecule has 2 heterocycles. The van der Waals surface area contributed by atoms with Crippen LogP contribution in [0.15, 0.2) is 24.5 Å². The highest BCUT2D eigenvalue weighted by Gasteiger charge is 2.31. The molecule has 0 spiro atoms. The first-order valence-electron chi connectivity index (χ1n) is 6.51. The van der Waals surface area contributed by atoms with Crippen LogP contribution in [0.3, 0.4) is 0 Å². The van der Waals surface area contributed by atoms with Gasteiger partial charge in [0.15, 0.2) is 5.65 Å². The second-order valence-electron chi connectivity index (χ2n) is 5.07. The van der Waals surface area contributed by atoms with Crippen LogP contribution in [0.25, 0.3) is 5.65 Å². The molecule has 0 amide bonds. The third kappa shape index (κ3) is 2.06. The molecular formula is C13H18N4O. The maximum Gasteiger partial charge on any atom is 0.157 e. The summed E-state index contributed by atoms with van der Waals surface area (Å²) in [7, 11) is 0. The fourth-order valence-corrected chi connectivity index (χ4v) is 2.71. The Hall–Kier alpha value is -1.62. The van der Waals surface area contributed by atoms with Gasteiger partial charge in [-0.2, -0.15) is 5.10 Å². The number of fused-ring (bicyclic) bond motifs is 1. The Morgan fingerprint density at radius 2 is 2.11 bits per heavy atom. The zero-order chi connectivity index (χ0) is 12.4. The first kappa shape index (κ1) is 11.5. The minimum atomic E-state index is -0.191. The van der Waals surface area contributed by atoms with Gasteiger partial charge in [0.2, 0.25) is 0 Å². The fraction of sp³-hybridized carbons (Fsp3) is 0.538. The summed E-state index contributed by atoms with van der Waals surface area (Å²) < 4.78 is 1.73. The molecule has 96 valence electrons. The molecule has 0 aromatic carbocycles. The number of hydrogen-bond donors (Lipinski definition) is 2. The van der Waals surface area contributed by atoms with Gasteiger partial charge in [0, 0.05) is 12.3 Å². The number of hydrogen-bond acceptors (Lipinski definition) is 4. The lowest BCUT2D eigenvalue weighted by atomic mass is 9.82. The summed E-state index contributed by atoms with van der Waals surface area (Å²) in [6.07, 6.45) is 9.24. The number of nitrogens with one attached hydrogen (secondary N) is 1. The Morgan fingerprint density at radius 1 is 1.28 bits per heavy atom.